The van der Waals surface area contributed by atoms with Crippen molar-refractivity contribution in [2.24, 2.45) is 5.92 Å². The average Bonchev–Trinajstić information content (AvgIpc) is 2.80. The summed E-state index contributed by atoms with van der Waals surface area (Å²) in [7, 11) is 0. The van der Waals surface area contributed by atoms with Crippen LogP contribution in [0.5, 0.6) is 0 Å². The van der Waals surface area contributed by atoms with Crippen molar-refractivity contribution >= 4 is 5.91 Å². The zero-order chi connectivity index (χ0) is 17.8. The summed E-state index contributed by atoms with van der Waals surface area (Å²) in [5.74, 6) is 0.511. The van der Waals surface area contributed by atoms with Gasteiger partial charge in [-0.05, 0) is 73.1 Å². The molecular formula is C18H23N5O2. The Morgan fingerprint density at radius 3 is 2.60 bits per heavy atom. The first-order valence-electron chi connectivity index (χ1n) is 8.78. The fourth-order valence-corrected chi connectivity index (χ4v) is 3.90. The number of carbonyl (C=O) groups excluding carboxylic acids is 1. The third-order valence-corrected chi connectivity index (χ3v) is 5.80. The highest BCUT2D eigenvalue weighted by atomic mass is 16.2. The van der Waals surface area contributed by atoms with Gasteiger partial charge < -0.3 is 5.32 Å². The zero-order valence-electron chi connectivity index (χ0n) is 14.8. The van der Waals surface area contributed by atoms with Gasteiger partial charge in [0.05, 0.1) is 11.6 Å². The zero-order valence-corrected chi connectivity index (χ0v) is 14.8. The van der Waals surface area contributed by atoms with Crippen molar-refractivity contribution in [3.05, 3.63) is 45.4 Å². The molecule has 7 nitrogen and oxygen atoms in total. The second-order valence-electron chi connectivity index (χ2n) is 7.67. The van der Waals surface area contributed by atoms with Gasteiger partial charge in [0.25, 0.3) is 0 Å². The lowest BCUT2D eigenvalue weighted by Gasteiger charge is -2.60. The van der Waals surface area contributed by atoms with E-state index in [0.29, 0.717) is 0 Å². The smallest absolute Gasteiger partial charge is 0.348 e. The lowest BCUT2D eigenvalue weighted by molar-refractivity contribution is -0.122. The average molecular weight is 341 g/mol. The van der Waals surface area contributed by atoms with Crippen LogP contribution in [0.4, 0.5) is 0 Å². The van der Waals surface area contributed by atoms with Gasteiger partial charge in [0.2, 0.25) is 5.91 Å². The predicted octanol–water partition coefficient (Wildman–Crippen LogP) is 1.44. The molecule has 1 aromatic carbocycles. The first-order valence-corrected chi connectivity index (χ1v) is 8.78. The minimum atomic E-state index is -0.285. The van der Waals surface area contributed by atoms with Crippen LogP contribution >= 0.6 is 0 Å². The number of nitrogens with one attached hydrogen (secondary N) is 1. The number of hydrogen-bond acceptors (Lipinski definition) is 4. The van der Waals surface area contributed by atoms with Gasteiger partial charge in [-0.3, -0.25) is 4.79 Å². The van der Waals surface area contributed by atoms with Crippen molar-refractivity contribution in [1.29, 1.82) is 0 Å². The van der Waals surface area contributed by atoms with Crippen LogP contribution in [0.2, 0.25) is 0 Å². The van der Waals surface area contributed by atoms with E-state index in [0.717, 1.165) is 35.4 Å². The maximum atomic E-state index is 12.4. The van der Waals surface area contributed by atoms with Crippen LogP contribution < -0.4 is 11.0 Å². The van der Waals surface area contributed by atoms with E-state index in [-0.39, 0.29) is 29.7 Å². The predicted molar refractivity (Wildman–Crippen MR) is 92.1 cm³/mol. The highest BCUT2D eigenvalue weighted by molar-refractivity contribution is 5.76. The molecule has 2 aromatic rings. The summed E-state index contributed by atoms with van der Waals surface area (Å²) in [5.41, 5.74) is 3.06. The summed E-state index contributed by atoms with van der Waals surface area (Å²) in [4.78, 5) is 24.7. The molecule has 25 heavy (non-hydrogen) atoms. The number of carbonyl (C=O) groups is 1. The summed E-state index contributed by atoms with van der Waals surface area (Å²) < 4.78 is 2.63. The molecular weight excluding hydrogens is 318 g/mol. The normalized spacial score (nSPS) is 25.0. The minimum Gasteiger partial charge on any atom is -0.348 e. The van der Waals surface area contributed by atoms with E-state index >= 15 is 0 Å². The molecule has 0 radical (unpaired) electrons. The molecule has 5 rings (SSSR count). The standard InChI is InChI=1S/C18H23N5O2/c1-11-4-5-15(6-12(11)2)13(3)19-16(24)10-22-17(25)23(21-20-22)18-7-14(8-18)9-18/h4-6,13-14H,7-10H2,1-3H3,(H,19,24)/t13-,14?,18?/m0/s1. The molecule has 7 heteroatoms. The van der Waals surface area contributed by atoms with Crippen molar-refractivity contribution < 1.29 is 4.79 Å². The number of amides is 1. The Morgan fingerprint density at radius 1 is 1.28 bits per heavy atom. The Kier molecular flexibility index (Phi) is 3.56. The van der Waals surface area contributed by atoms with Gasteiger partial charge >= 0.3 is 5.69 Å². The molecule has 2 bridgehead atoms. The summed E-state index contributed by atoms with van der Waals surface area (Å²) >= 11 is 0. The van der Waals surface area contributed by atoms with Gasteiger partial charge in [-0.25, -0.2) is 4.79 Å². The summed E-state index contributed by atoms with van der Waals surface area (Å²) in [6, 6.07) is 6.01. The number of nitrogens with zero attached hydrogens (tertiary/aromatic N) is 4. The van der Waals surface area contributed by atoms with E-state index in [1.54, 1.807) is 0 Å². The first-order chi connectivity index (χ1) is 11.9. The van der Waals surface area contributed by atoms with Crippen molar-refractivity contribution in [2.75, 3.05) is 0 Å². The van der Waals surface area contributed by atoms with Gasteiger partial charge in [-0.2, -0.15) is 9.36 Å². The number of hydrogen-bond donors (Lipinski definition) is 1. The molecule has 0 aliphatic heterocycles. The Balaban J connectivity index is 1.42. The summed E-state index contributed by atoms with van der Waals surface area (Å²) in [6.07, 6.45) is 3.05. The van der Waals surface area contributed by atoms with E-state index in [1.165, 1.54) is 15.8 Å². The molecule has 1 N–H and O–H groups in total. The maximum Gasteiger partial charge on any atom is 0.364 e. The number of aromatic nitrogens is 4. The largest absolute Gasteiger partial charge is 0.364 e. The van der Waals surface area contributed by atoms with Crippen LogP contribution in [-0.2, 0) is 16.9 Å². The Morgan fingerprint density at radius 2 is 2.00 bits per heavy atom. The van der Waals surface area contributed by atoms with Gasteiger partial charge in [0, 0.05) is 0 Å². The third-order valence-electron chi connectivity index (χ3n) is 5.80. The number of aryl methyl sites for hydroxylation is 2. The van der Waals surface area contributed by atoms with Crippen molar-refractivity contribution in [1.82, 2.24) is 25.1 Å². The Bertz CT molecular complexity index is 880. The fraction of sp³-hybridized carbons (Fsp3) is 0.556. The molecule has 1 heterocycles. The first kappa shape index (κ1) is 16.1. The van der Waals surface area contributed by atoms with Crippen LogP contribution in [0.15, 0.2) is 23.0 Å². The van der Waals surface area contributed by atoms with Gasteiger partial charge in [0.15, 0.2) is 0 Å². The number of benzene rings is 1. The number of rotatable bonds is 5. The van der Waals surface area contributed by atoms with Crippen LogP contribution in [0.1, 0.15) is 48.9 Å². The lowest BCUT2D eigenvalue weighted by atomic mass is 9.50. The van der Waals surface area contributed by atoms with E-state index in [4.69, 9.17) is 0 Å². The quantitative estimate of drug-likeness (QED) is 0.892. The Hall–Kier alpha value is -2.44. The molecule has 0 unspecified atom stereocenters. The second kappa shape index (κ2) is 5.54. The molecule has 132 valence electrons. The van der Waals surface area contributed by atoms with Crippen LogP contribution in [-0.4, -0.2) is 25.7 Å². The monoisotopic (exact) mass is 341 g/mol. The maximum absolute atomic E-state index is 12.4. The summed E-state index contributed by atoms with van der Waals surface area (Å²) in [5, 5.41) is 10.8. The molecule has 1 amide bonds. The van der Waals surface area contributed by atoms with E-state index in [2.05, 4.69) is 35.7 Å². The second-order valence-corrected chi connectivity index (χ2v) is 7.67. The van der Waals surface area contributed by atoms with Crippen molar-refractivity contribution in [3.8, 4) is 0 Å². The molecule has 3 saturated carbocycles. The molecule has 3 aliphatic rings. The van der Waals surface area contributed by atoms with Gasteiger partial charge in [-0.15, -0.1) is 0 Å². The highest BCUT2D eigenvalue weighted by Gasteiger charge is 2.60. The molecule has 3 aliphatic carbocycles. The van der Waals surface area contributed by atoms with Crippen LogP contribution in [0.3, 0.4) is 0 Å². The molecule has 0 spiro atoms. The van der Waals surface area contributed by atoms with E-state index < -0.39 is 0 Å². The van der Waals surface area contributed by atoms with E-state index in [1.807, 2.05) is 19.1 Å². The fourth-order valence-electron chi connectivity index (χ4n) is 3.90. The number of tetrazole rings is 1. The van der Waals surface area contributed by atoms with E-state index in [9.17, 15) is 9.59 Å². The SMILES string of the molecule is Cc1ccc([C@H](C)NC(=O)Cn2nnn(C34CC(C3)C4)c2=O)cc1C. The van der Waals surface area contributed by atoms with Crippen LogP contribution in [0.25, 0.3) is 0 Å². The van der Waals surface area contributed by atoms with Crippen molar-refractivity contribution in [3.63, 3.8) is 0 Å². The third kappa shape index (κ3) is 2.58. The summed E-state index contributed by atoms with van der Waals surface area (Å²) in [6.45, 7) is 5.94. The topological polar surface area (TPSA) is 81.8 Å². The lowest BCUT2D eigenvalue weighted by Crippen LogP contribution is -2.62. The Labute approximate surface area is 146 Å². The molecule has 1 aromatic heterocycles. The molecule has 3 fully saturated rings. The molecule has 1 atom stereocenters. The van der Waals surface area contributed by atoms with Crippen molar-refractivity contribution in [2.45, 2.75) is 58.2 Å². The minimum absolute atomic E-state index is 0.104. The van der Waals surface area contributed by atoms with Gasteiger partial charge in [0.1, 0.15) is 6.54 Å². The van der Waals surface area contributed by atoms with Gasteiger partial charge in [-0.1, -0.05) is 18.2 Å². The highest BCUT2D eigenvalue weighted by Crippen LogP contribution is 2.61. The van der Waals surface area contributed by atoms with Crippen LogP contribution in [0, 0.1) is 19.8 Å². The molecule has 0 saturated heterocycles.